The summed E-state index contributed by atoms with van der Waals surface area (Å²) in [6.45, 7) is 2.74. The Labute approximate surface area is 92.5 Å². The lowest BCUT2D eigenvalue weighted by Gasteiger charge is -1.94. The van der Waals surface area contributed by atoms with E-state index in [0.717, 1.165) is 11.4 Å². The van der Waals surface area contributed by atoms with Gasteiger partial charge >= 0.3 is 0 Å². The molecule has 0 aliphatic rings. The highest BCUT2D eigenvalue weighted by Crippen LogP contribution is 2.35. The molecule has 1 aromatic carbocycles. The molecule has 0 atom stereocenters. The second-order valence-corrected chi connectivity index (χ2v) is 4.89. The van der Waals surface area contributed by atoms with E-state index in [1.54, 1.807) is 11.3 Å². The summed E-state index contributed by atoms with van der Waals surface area (Å²) in [6, 6.07) is 6.37. The van der Waals surface area contributed by atoms with Crippen molar-refractivity contribution >= 4 is 33.0 Å². The van der Waals surface area contributed by atoms with Crippen molar-refractivity contribution in [3.63, 3.8) is 0 Å². The fourth-order valence-electron chi connectivity index (χ4n) is 1.52. The molecule has 3 heteroatoms. The number of fused-ring (bicyclic) bond motifs is 1. The van der Waals surface area contributed by atoms with Gasteiger partial charge in [-0.15, -0.1) is 11.3 Å². The molecular weight excluding hydrogens is 214 g/mol. The van der Waals surface area contributed by atoms with Gasteiger partial charge in [0, 0.05) is 15.0 Å². The molecule has 0 saturated carbocycles. The molecule has 0 amide bonds. The molecule has 2 N–H and O–H groups in total. The second kappa shape index (κ2) is 3.89. The number of thiophene rings is 1. The Morgan fingerprint density at radius 1 is 1.43 bits per heavy atom. The Hall–Kier alpha value is -0.570. The molecule has 14 heavy (non-hydrogen) atoms. The van der Waals surface area contributed by atoms with Gasteiger partial charge in [0.05, 0.1) is 5.02 Å². The zero-order valence-corrected chi connectivity index (χ0v) is 9.58. The van der Waals surface area contributed by atoms with Gasteiger partial charge in [0.2, 0.25) is 0 Å². The first-order chi connectivity index (χ1) is 6.72. The van der Waals surface area contributed by atoms with Crippen LogP contribution in [0.3, 0.4) is 0 Å². The van der Waals surface area contributed by atoms with Crippen molar-refractivity contribution in [2.45, 2.75) is 13.3 Å². The van der Waals surface area contributed by atoms with Crippen LogP contribution in [-0.4, -0.2) is 6.54 Å². The van der Waals surface area contributed by atoms with E-state index in [-0.39, 0.29) is 0 Å². The number of halogens is 1. The number of hydrogen-bond acceptors (Lipinski definition) is 2. The van der Waals surface area contributed by atoms with E-state index >= 15 is 0 Å². The predicted octanol–water partition coefficient (Wildman–Crippen LogP) is 3.36. The summed E-state index contributed by atoms with van der Waals surface area (Å²) in [5.41, 5.74) is 6.78. The van der Waals surface area contributed by atoms with Crippen LogP contribution in [0.4, 0.5) is 0 Å². The summed E-state index contributed by atoms with van der Waals surface area (Å²) >= 11 is 8.01. The number of aryl methyl sites for hydroxylation is 1. The third-order valence-corrected chi connectivity index (χ3v) is 4.00. The van der Waals surface area contributed by atoms with Crippen molar-refractivity contribution in [2.75, 3.05) is 6.54 Å². The van der Waals surface area contributed by atoms with E-state index in [4.69, 9.17) is 17.3 Å². The van der Waals surface area contributed by atoms with Crippen molar-refractivity contribution < 1.29 is 0 Å². The molecule has 74 valence electrons. The fourth-order valence-corrected chi connectivity index (χ4v) is 3.04. The molecule has 0 spiro atoms. The van der Waals surface area contributed by atoms with Gasteiger partial charge in [-0.25, -0.2) is 0 Å². The van der Waals surface area contributed by atoms with Crippen LogP contribution in [0.25, 0.3) is 10.1 Å². The van der Waals surface area contributed by atoms with Crippen LogP contribution in [0, 0.1) is 6.92 Å². The van der Waals surface area contributed by atoms with Gasteiger partial charge in [-0.2, -0.15) is 0 Å². The minimum absolute atomic E-state index is 0.658. The van der Waals surface area contributed by atoms with Gasteiger partial charge in [-0.1, -0.05) is 23.2 Å². The van der Waals surface area contributed by atoms with Crippen LogP contribution in [0.5, 0.6) is 0 Å². The van der Waals surface area contributed by atoms with Crippen LogP contribution >= 0.6 is 22.9 Å². The number of hydrogen-bond donors (Lipinski definition) is 1. The minimum Gasteiger partial charge on any atom is -0.330 e. The van der Waals surface area contributed by atoms with Crippen LogP contribution in [0.2, 0.25) is 5.02 Å². The maximum atomic E-state index is 6.26. The summed E-state index contributed by atoms with van der Waals surface area (Å²) < 4.78 is 1.25. The summed E-state index contributed by atoms with van der Waals surface area (Å²) in [7, 11) is 0. The number of nitrogens with two attached hydrogens (primary N) is 1. The van der Waals surface area contributed by atoms with Crippen LogP contribution in [0.1, 0.15) is 10.4 Å². The molecule has 1 nitrogen and oxygen atoms in total. The molecular formula is C11H12ClNS. The average molecular weight is 226 g/mol. The van der Waals surface area contributed by atoms with E-state index < -0.39 is 0 Å². The second-order valence-electron chi connectivity index (χ2n) is 3.38. The molecule has 2 aromatic rings. The number of benzene rings is 1. The molecule has 1 heterocycles. The lowest BCUT2D eigenvalue weighted by Crippen LogP contribution is -2.01. The summed E-state index contributed by atoms with van der Waals surface area (Å²) in [5, 5.41) is 2.05. The van der Waals surface area contributed by atoms with Gasteiger partial charge < -0.3 is 5.73 Å². The standard InChI is InChI=1S/C11H12ClNS/c1-7-2-3-9-8(6-7)11(12)10(14-9)4-5-13/h2-3,6H,4-5,13H2,1H3. The number of rotatable bonds is 2. The highest BCUT2D eigenvalue weighted by molar-refractivity contribution is 7.19. The molecule has 0 bridgehead atoms. The summed E-state index contributed by atoms with van der Waals surface area (Å²) in [4.78, 5) is 1.20. The Balaban J connectivity index is 2.62. The first-order valence-electron chi connectivity index (χ1n) is 4.60. The largest absolute Gasteiger partial charge is 0.330 e. The highest BCUT2D eigenvalue weighted by atomic mass is 35.5. The topological polar surface area (TPSA) is 26.0 Å². The zero-order valence-electron chi connectivity index (χ0n) is 8.01. The molecule has 1 aromatic heterocycles. The van der Waals surface area contributed by atoms with Gasteiger partial charge in [0.15, 0.2) is 0 Å². The van der Waals surface area contributed by atoms with Crippen molar-refractivity contribution in [3.8, 4) is 0 Å². The molecule has 0 fully saturated rings. The van der Waals surface area contributed by atoms with Gasteiger partial charge in [-0.3, -0.25) is 0 Å². The van der Waals surface area contributed by atoms with Crippen molar-refractivity contribution in [3.05, 3.63) is 33.7 Å². The van der Waals surface area contributed by atoms with Gasteiger partial charge in [0.25, 0.3) is 0 Å². The van der Waals surface area contributed by atoms with Crippen LogP contribution in [0.15, 0.2) is 18.2 Å². The average Bonchev–Trinajstić information content (AvgIpc) is 2.46. The third-order valence-electron chi connectivity index (χ3n) is 2.22. The quantitative estimate of drug-likeness (QED) is 0.834. The molecule has 0 aliphatic carbocycles. The van der Waals surface area contributed by atoms with E-state index in [0.29, 0.717) is 6.54 Å². The molecule has 0 radical (unpaired) electrons. The molecule has 0 saturated heterocycles. The third kappa shape index (κ3) is 1.65. The van der Waals surface area contributed by atoms with Gasteiger partial charge in [-0.05, 0) is 32.0 Å². The Morgan fingerprint density at radius 3 is 2.93 bits per heavy atom. The summed E-state index contributed by atoms with van der Waals surface area (Å²) in [5.74, 6) is 0. The van der Waals surface area contributed by atoms with E-state index in [9.17, 15) is 0 Å². The van der Waals surface area contributed by atoms with Crippen molar-refractivity contribution in [2.24, 2.45) is 5.73 Å². The Kier molecular flexibility index (Phi) is 2.77. The monoisotopic (exact) mass is 225 g/mol. The van der Waals surface area contributed by atoms with E-state index in [1.807, 2.05) is 0 Å². The normalized spacial score (nSPS) is 11.1. The van der Waals surface area contributed by atoms with Crippen LogP contribution in [-0.2, 0) is 6.42 Å². The van der Waals surface area contributed by atoms with Crippen molar-refractivity contribution in [1.82, 2.24) is 0 Å². The minimum atomic E-state index is 0.658. The van der Waals surface area contributed by atoms with E-state index in [2.05, 4.69) is 25.1 Å². The zero-order chi connectivity index (χ0) is 10.1. The lowest BCUT2D eigenvalue weighted by atomic mass is 10.2. The van der Waals surface area contributed by atoms with Crippen molar-refractivity contribution in [1.29, 1.82) is 0 Å². The SMILES string of the molecule is Cc1ccc2sc(CCN)c(Cl)c2c1. The molecule has 0 unspecified atom stereocenters. The predicted molar refractivity (Wildman–Crippen MR) is 64.3 cm³/mol. The molecule has 2 rings (SSSR count). The fraction of sp³-hybridized carbons (Fsp3) is 0.273. The first kappa shape index (κ1) is 9.97. The highest BCUT2D eigenvalue weighted by Gasteiger charge is 2.08. The summed E-state index contributed by atoms with van der Waals surface area (Å²) in [6.07, 6.45) is 0.872. The van der Waals surface area contributed by atoms with Gasteiger partial charge in [0.1, 0.15) is 0 Å². The molecule has 0 aliphatic heterocycles. The van der Waals surface area contributed by atoms with Crippen LogP contribution < -0.4 is 5.73 Å². The smallest absolute Gasteiger partial charge is 0.0624 e. The maximum absolute atomic E-state index is 6.26. The Bertz CT molecular complexity index is 462. The maximum Gasteiger partial charge on any atom is 0.0624 e. The Morgan fingerprint density at radius 2 is 2.21 bits per heavy atom. The van der Waals surface area contributed by atoms with E-state index in [1.165, 1.54) is 20.5 Å². The lowest BCUT2D eigenvalue weighted by molar-refractivity contribution is 0.989. The first-order valence-corrected chi connectivity index (χ1v) is 5.79.